The van der Waals surface area contributed by atoms with Gasteiger partial charge in [-0.25, -0.2) is 0 Å². The maximum absolute atomic E-state index is 11.9. The van der Waals surface area contributed by atoms with E-state index in [1.54, 1.807) is 0 Å². The molecule has 1 aromatic heterocycles. The van der Waals surface area contributed by atoms with Gasteiger partial charge in [0.05, 0.1) is 13.2 Å². The first-order chi connectivity index (χ1) is 9.26. The number of nitrogens with zero attached hydrogens (tertiary/aromatic N) is 3. The van der Waals surface area contributed by atoms with Crippen molar-refractivity contribution in [2.45, 2.75) is 37.6 Å². The molecule has 19 heavy (non-hydrogen) atoms. The number of carbonyl (C=O) groups is 1. The molecule has 1 saturated carbocycles. The number of aromatic nitrogens is 2. The molecule has 0 aromatic carbocycles. The quantitative estimate of drug-likeness (QED) is 0.798. The van der Waals surface area contributed by atoms with Gasteiger partial charge in [-0.15, -0.1) is 5.10 Å². The molecule has 2 heterocycles. The van der Waals surface area contributed by atoms with Crippen LogP contribution in [0.5, 0.6) is 0 Å². The minimum absolute atomic E-state index is 0.0930. The standard InChI is InChI=1S/C12H18N4O3/c17-7-9-2-1-5-16(9)6-10(18)13-12-15-14-11(19-12)8-3-4-8/h8-9,17H,1-7H2,(H,13,15,18)/t9-/m0/s1. The molecule has 1 atom stereocenters. The van der Waals surface area contributed by atoms with Crippen molar-refractivity contribution in [2.75, 3.05) is 25.0 Å². The van der Waals surface area contributed by atoms with Gasteiger partial charge >= 0.3 is 6.01 Å². The second-order valence-electron chi connectivity index (χ2n) is 5.22. The normalized spacial score (nSPS) is 23.7. The Morgan fingerprint density at radius 1 is 1.42 bits per heavy atom. The van der Waals surface area contributed by atoms with Gasteiger partial charge in [-0.1, -0.05) is 5.10 Å². The lowest BCUT2D eigenvalue weighted by molar-refractivity contribution is -0.117. The highest BCUT2D eigenvalue weighted by Gasteiger charge is 2.30. The summed E-state index contributed by atoms with van der Waals surface area (Å²) in [5, 5.41) is 19.5. The molecule has 1 aliphatic heterocycles. The van der Waals surface area contributed by atoms with Crippen LogP contribution in [0.3, 0.4) is 0 Å². The van der Waals surface area contributed by atoms with Crippen LogP contribution in [-0.2, 0) is 4.79 Å². The summed E-state index contributed by atoms with van der Waals surface area (Å²) in [5.41, 5.74) is 0. The summed E-state index contributed by atoms with van der Waals surface area (Å²) in [7, 11) is 0. The number of hydrogen-bond acceptors (Lipinski definition) is 6. The third-order valence-corrected chi connectivity index (χ3v) is 3.67. The molecule has 2 N–H and O–H groups in total. The van der Waals surface area contributed by atoms with Crippen LogP contribution in [0.15, 0.2) is 4.42 Å². The molecular weight excluding hydrogens is 248 g/mol. The fraction of sp³-hybridized carbons (Fsp3) is 0.750. The van der Waals surface area contributed by atoms with Crippen LogP contribution < -0.4 is 5.32 Å². The lowest BCUT2D eigenvalue weighted by Crippen LogP contribution is -2.38. The third kappa shape index (κ3) is 2.93. The molecule has 3 rings (SSSR count). The second-order valence-corrected chi connectivity index (χ2v) is 5.22. The van der Waals surface area contributed by atoms with Crippen molar-refractivity contribution in [3.05, 3.63) is 5.89 Å². The number of hydrogen-bond donors (Lipinski definition) is 2. The predicted molar refractivity (Wildman–Crippen MR) is 66.6 cm³/mol. The molecule has 7 nitrogen and oxygen atoms in total. The number of carbonyl (C=O) groups excluding carboxylic acids is 1. The Balaban J connectivity index is 1.52. The van der Waals surface area contributed by atoms with Gasteiger partial charge in [0.1, 0.15) is 0 Å². The van der Waals surface area contributed by atoms with Gasteiger partial charge in [0, 0.05) is 12.0 Å². The molecule has 0 spiro atoms. The second kappa shape index (κ2) is 5.26. The van der Waals surface area contributed by atoms with Gasteiger partial charge < -0.3 is 9.52 Å². The maximum atomic E-state index is 11.9. The van der Waals surface area contributed by atoms with Crippen LogP contribution in [-0.4, -0.2) is 51.8 Å². The van der Waals surface area contributed by atoms with E-state index in [0.29, 0.717) is 11.8 Å². The number of anilines is 1. The third-order valence-electron chi connectivity index (χ3n) is 3.67. The Morgan fingerprint density at radius 2 is 2.26 bits per heavy atom. The number of likely N-dealkylation sites (tertiary alicyclic amines) is 1. The van der Waals surface area contributed by atoms with Crippen molar-refractivity contribution in [3.8, 4) is 0 Å². The van der Waals surface area contributed by atoms with Gasteiger partial charge in [-0.3, -0.25) is 15.0 Å². The minimum Gasteiger partial charge on any atom is -0.408 e. The first-order valence-corrected chi connectivity index (χ1v) is 6.74. The van der Waals surface area contributed by atoms with Crippen LogP contribution in [0, 0.1) is 0 Å². The van der Waals surface area contributed by atoms with E-state index in [1.165, 1.54) is 0 Å². The van der Waals surface area contributed by atoms with Gasteiger partial charge in [0.25, 0.3) is 0 Å². The van der Waals surface area contributed by atoms with Gasteiger partial charge in [0.2, 0.25) is 11.8 Å². The molecule has 1 saturated heterocycles. The SMILES string of the molecule is O=C(CN1CCC[C@H]1CO)Nc1nnc(C2CC2)o1. The number of rotatable bonds is 5. The highest BCUT2D eigenvalue weighted by Crippen LogP contribution is 2.39. The summed E-state index contributed by atoms with van der Waals surface area (Å²) in [6.45, 7) is 1.20. The molecule has 104 valence electrons. The lowest BCUT2D eigenvalue weighted by atomic mass is 10.2. The van der Waals surface area contributed by atoms with Crippen molar-refractivity contribution in [3.63, 3.8) is 0 Å². The largest absolute Gasteiger partial charge is 0.408 e. The van der Waals surface area contributed by atoms with Crippen LogP contribution >= 0.6 is 0 Å². The van der Waals surface area contributed by atoms with Crippen molar-refractivity contribution < 1.29 is 14.3 Å². The van der Waals surface area contributed by atoms with E-state index in [2.05, 4.69) is 15.5 Å². The van der Waals surface area contributed by atoms with Crippen molar-refractivity contribution in [1.29, 1.82) is 0 Å². The van der Waals surface area contributed by atoms with Crippen molar-refractivity contribution >= 4 is 11.9 Å². The van der Waals surface area contributed by atoms with Crippen LogP contribution in [0.2, 0.25) is 0 Å². The maximum Gasteiger partial charge on any atom is 0.322 e. The Morgan fingerprint density at radius 3 is 3.00 bits per heavy atom. The minimum atomic E-state index is -0.175. The number of nitrogens with one attached hydrogen (secondary N) is 1. The van der Waals surface area contributed by atoms with E-state index in [1.807, 2.05) is 4.90 Å². The van der Waals surface area contributed by atoms with E-state index >= 15 is 0 Å². The summed E-state index contributed by atoms with van der Waals surface area (Å²) >= 11 is 0. The fourth-order valence-corrected chi connectivity index (χ4v) is 2.43. The number of aliphatic hydroxyl groups excluding tert-OH is 1. The van der Waals surface area contributed by atoms with E-state index in [-0.39, 0.29) is 31.1 Å². The predicted octanol–water partition coefficient (Wildman–Crippen LogP) is 0.342. The van der Waals surface area contributed by atoms with E-state index < -0.39 is 0 Å². The smallest absolute Gasteiger partial charge is 0.322 e. The van der Waals surface area contributed by atoms with Crippen LogP contribution in [0.4, 0.5) is 6.01 Å². The molecule has 1 aromatic rings. The van der Waals surface area contributed by atoms with Gasteiger partial charge in [-0.2, -0.15) is 0 Å². The summed E-state index contributed by atoms with van der Waals surface area (Å²) in [6.07, 6.45) is 4.13. The molecule has 2 aliphatic rings. The fourth-order valence-electron chi connectivity index (χ4n) is 2.43. The molecule has 2 fully saturated rings. The van der Waals surface area contributed by atoms with E-state index in [4.69, 9.17) is 4.42 Å². The first-order valence-electron chi connectivity index (χ1n) is 6.74. The lowest BCUT2D eigenvalue weighted by Gasteiger charge is -2.21. The number of aliphatic hydroxyl groups is 1. The first kappa shape index (κ1) is 12.6. The summed E-state index contributed by atoms with van der Waals surface area (Å²) in [4.78, 5) is 13.8. The highest BCUT2D eigenvalue weighted by atomic mass is 16.4. The van der Waals surface area contributed by atoms with Gasteiger partial charge in [-0.05, 0) is 32.2 Å². The monoisotopic (exact) mass is 266 g/mol. The average molecular weight is 266 g/mol. The zero-order valence-electron chi connectivity index (χ0n) is 10.7. The average Bonchev–Trinajstić information content (AvgIpc) is 2.98. The van der Waals surface area contributed by atoms with Crippen LogP contribution in [0.1, 0.15) is 37.5 Å². The zero-order chi connectivity index (χ0) is 13.2. The molecule has 0 radical (unpaired) electrons. The highest BCUT2D eigenvalue weighted by molar-refractivity contribution is 5.90. The Bertz CT molecular complexity index is 458. The van der Waals surface area contributed by atoms with E-state index in [0.717, 1.165) is 32.2 Å². The van der Waals surface area contributed by atoms with Gasteiger partial charge in [0.15, 0.2) is 0 Å². The molecule has 1 amide bonds. The Kier molecular flexibility index (Phi) is 3.48. The van der Waals surface area contributed by atoms with Crippen LogP contribution in [0.25, 0.3) is 0 Å². The molecule has 0 unspecified atom stereocenters. The topological polar surface area (TPSA) is 91.5 Å². The molecule has 1 aliphatic carbocycles. The summed E-state index contributed by atoms with van der Waals surface area (Å²) in [5.74, 6) is 0.826. The number of amides is 1. The molecule has 0 bridgehead atoms. The molecular formula is C12H18N4O3. The van der Waals surface area contributed by atoms with Crippen molar-refractivity contribution in [2.24, 2.45) is 0 Å². The molecule has 7 heteroatoms. The van der Waals surface area contributed by atoms with E-state index in [9.17, 15) is 9.90 Å². The summed E-state index contributed by atoms with van der Waals surface area (Å²) < 4.78 is 5.37. The zero-order valence-corrected chi connectivity index (χ0v) is 10.7. The van der Waals surface area contributed by atoms with Crippen molar-refractivity contribution in [1.82, 2.24) is 15.1 Å². The Hall–Kier alpha value is -1.47. The Labute approximate surface area is 111 Å². The summed E-state index contributed by atoms with van der Waals surface area (Å²) in [6, 6.07) is 0.266.